The number of hydrogen-bond donors (Lipinski definition) is 1. The summed E-state index contributed by atoms with van der Waals surface area (Å²) in [6.45, 7) is 3.86. The molecule has 22 heavy (non-hydrogen) atoms. The Balaban J connectivity index is 1.73. The molecule has 5 heteroatoms. The van der Waals surface area contributed by atoms with E-state index in [2.05, 4.69) is 6.92 Å². The van der Waals surface area contributed by atoms with Crippen molar-refractivity contribution in [3.63, 3.8) is 0 Å². The van der Waals surface area contributed by atoms with E-state index in [0.717, 1.165) is 25.8 Å². The Morgan fingerprint density at radius 3 is 2.68 bits per heavy atom. The number of piperidine rings is 1. The first-order chi connectivity index (χ1) is 10.6. The standard InChI is InChI=1S/C17H29NO4/c1-13-5-2-3-7-15(13)22-12-16(19)18-10-4-6-14(11-18)8-9-17(20)21/h13-15H,2-12H2,1H3,(H,20,21)/t13-,14-,15+/m1/s1. The summed E-state index contributed by atoms with van der Waals surface area (Å²) in [5.41, 5.74) is 0. The molecule has 126 valence electrons. The largest absolute Gasteiger partial charge is 0.481 e. The average Bonchev–Trinajstić information content (AvgIpc) is 2.52. The predicted molar refractivity (Wildman–Crippen MR) is 83.5 cm³/mol. The van der Waals surface area contributed by atoms with E-state index in [4.69, 9.17) is 9.84 Å². The van der Waals surface area contributed by atoms with Gasteiger partial charge in [-0.05, 0) is 43.9 Å². The molecule has 3 atom stereocenters. The van der Waals surface area contributed by atoms with Gasteiger partial charge in [0, 0.05) is 19.5 Å². The fourth-order valence-corrected chi connectivity index (χ4v) is 3.65. The highest BCUT2D eigenvalue weighted by molar-refractivity contribution is 5.77. The van der Waals surface area contributed by atoms with Gasteiger partial charge in [0.1, 0.15) is 6.61 Å². The SMILES string of the molecule is C[C@@H]1CCCC[C@@H]1OCC(=O)N1CCC[C@H](CCC(=O)O)C1. The minimum Gasteiger partial charge on any atom is -0.481 e. The zero-order chi connectivity index (χ0) is 15.9. The second kappa shape index (κ2) is 8.51. The third-order valence-electron chi connectivity index (χ3n) is 5.09. The van der Waals surface area contributed by atoms with E-state index in [0.29, 0.717) is 24.8 Å². The third-order valence-corrected chi connectivity index (χ3v) is 5.09. The van der Waals surface area contributed by atoms with Crippen LogP contribution in [-0.2, 0) is 14.3 Å². The normalized spacial score (nSPS) is 29.3. The van der Waals surface area contributed by atoms with Crippen molar-refractivity contribution in [1.29, 1.82) is 0 Å². The lowest BCUT2D eigenvalue weighted by Gasteiger charge is -2.34. The first-order valence-electron chi connectivity index (χ1n) is 8.67. The number of aliphatic carboxylic acids is 1. The molecular formula is C17H29NO4. The second-order valence-electron chi connectivity index (χ2n) is 6.89. The molecule has 1 N–H and O–H groups in total. The van der Waals surface area contributed by atoms with Gasteiger partial charge in [0.25, 0.3) is 0 Å². The van der Waals surface area contributed by atoms with Crippen LogP contribution in [0.3, 0.4) is 0 Å². The van der Waals surface area contributed by atoms with Crippen LogP contribution in [0.1, 0.15) is 58.3 Å². The van der Waals surface area contributed by atoms with Crippen molar-refractivity contribution in [2.75, 3.05) is 19.7 Å². The Morgan fingerprint density at radius 1 is 1.18 bits per heavy atom. The number of carboxylic acid groups (broad SMARTS) is 1. The van der Waals surface area contributed by atoms with Gasteiger partial charge in [-0.3, -0.25) is 9.59 Å². The molecule has 0 aromatic rings. The number of carbonyl (C=O) groups excluding carboxylic acids is 1. The molecule has 0 aromatic heterocycles. The number of likely N-dealkylation sites (tertiary alicyclic amines) is 1. The predicted octanol–water partition coefficient (Wildman–Crippen LogP) is 2.69. The Labute approximate surface area is 133 Å². The molecule has 2 aliphatic rings. The van der Waals surface area contributed by atoms with E-state index in [1.165, 1.54) is 19.3 Å². The maximum atomic E-state index is 12.3. The molecule has 0 aromatic carbocycles. The van der Waals surface area contributed by atoms with Gasteiger partial charge in [0.2, 0.25) is 5.91 Å². The lowest BCUT2D eigenvalue weighted by Crippen LogP contribution is -2.42. The molecule has 0 unspecified atom stereocenters. The summed E-state index contributed by atoms with van der Waals surface area (Å²) in [6, 6.07) is 0. The molecule has 1 aliphatic carbocycles. The van der Waals surface area contributed by atoms with Crippen molar-refractivity contribution in [2.24, 2.45) is 11.8 Å². The minimum absolute atomic E-state index is 0.0674. The lowest BCUT2D eigenvalue weighted by molar-refractivity contribution is -0.142. The van der Waals surface area contributed by atoms with E-state index < -0.39 is 5.97 Å². The van der Waals surface area contributed by atoms with Crippen molar-refractivity contribution in [3.05, 3.63) is 0 Å². The van der Waals surface area contributed by atoms with E-state index in [9.17, 15) is 9.59 Å². The molecule has 0 radical (unpaired) electrons. The maximum absolute atomic E-state index is 12.3. The van der Waals surface area contributed by atoms with E-state index in [1.807, 2.05) is 4.90 Å². The van der Waals surface area contributed by atoms with E-state index in [1.54, 1.807) is 0 Å². The summed E-state index contributed by atoms with van der Waals surface area (Å²) in [6.07, 6.45) is 7.81. The van der Waals surface area contributed by atoms with Crippen LogP contribution in [0, 0.1) is 11.8 Å². The molecule has 0 spiro atoms. The van der Waals surface area contributed by atoms with Crippen molar-refractivity contribution < 1.29 is 19.4 Å². The number of carboxylic acids is 1. The topological polar surface area (TPSA) is 66.8 Å². The molecule has 2 fully saturated rings. The van der Waals surface area contributed by atoms with Gasteiger partial charge in [-0.25, -0.2) is 0 Å². The molecule has 1 aliphatic heterocycles. The molecule has 2 rings (SSSR count). The van der Waals surface area contributed by atoms with Crippen LogP contribution in [0.25, 0.3) is 0 Å². The zero-order valence-corrected chi connectivity index (χ0v) is 13.6. The van der Waals surface area contributed by atoms with Crippen LogP contribution < -0.4 is 0 Å². The summed E-state index contributed by atoms with van der Waals surface area (Å²) >= 11 is 0. The molecule has 1 heterocycles. The van der Waals surface area contributed by atoms with Gasteiger partial charge in [0.05, 0.1) is 6.10 Å². The van der Waals surface area contributed by atoms with Crippen molar-refractivity contribution in [2.45, 2.75) is 64.4 Å². The van der Waals surface area contributed by atoms with Crippen LogP contribution in [0.4, 0.5) is 0 Å². The monoisotopic (exact) mass is 311 g/mol. The average molecular weight is 311 g/mol. The van der Waals surface area contributed by atoms with Gasteiger partial charge >= 0.3 is 5.97 Å². The number of rotatable bonds is 6. The quantitative estimate of drug-likeness (QED) is 0.819. The van der Waals surface area contributed by atoms with Crippen LogP contribution in [0.2, 0.25) is 0 Å². The fourth-order valence-electron chi connectivity index (χ4n) is 3.65. The summed E-state index contributed by atoms with van der Waals surface area (Å²) in [4.78, 5) is 24.8. The van der Waals surface area contributed by atoms with Crippen LogP contribution in [0.5, 0.6) is 0 Å². The number of nitrogens with zero attached hydrogens (tertiary/aromatic N) is 1. The van der Waals surface area contributed by atoms with E-state index >= 15 is 0 Å². The lowest BCUT2D eigenvalue weighted by atomic mass is 9.88. The maximum Gasteiger partial charge on any atom is 0.303 e. The van der Waals surface area contributed by atoms with Gasteiger partial charge in [-0.1, -0.05) is 19.8 Å². The highest BCUT2D eigenvalue weighted by Crippen LogP contribution is 2.26. The van der Waals surface area contributed by atoms with Gasteiger partial charge in [-0.15, -0.1) is 0 Å². The number of carbonyl (C=O) groups is 2. The molecule has 0 bridgehead atoms. The minimum atomic E-state index is -0.752. The molecule has 5 nitrogen and oxygen atoms in total. The van der Waals surface area contributed by atoms with Gasteiger partial charge in [0.15, 0.2) is 0 Å². The molecule has 1 amide bonds. The van der Waals surface area contributed by atoms with Crippen LogP contribution >= 0.6 is 0 Å². The van der Waals surface area contributed by atoms with Crippen molar-refractivity contribution >= 4 is 11.9 Å². The second-order valence-corrected chi connectivity index (χ2v) is 6.89. The zero-order valence-electron chi connectivity index (χ0n) is 13.6. The molecular weight excluding hydrogens is 282 g/mol. The smallest absolute Gasteiger partial charge is 0.303 e. The molecule has 1 saturated carbocycles. The van der Waals surface area contributed by atoms with Crippen LogP contribution in [-0.4, -0.2) is 47.7 Å². The fraction of sp³-hybridized carbons (Fsp3) is 0.882. The van der Waals surface area contributed by atoms with Gasteiger partial charge in [-0.2, -0.15) is 0 Å². The highest BCUT2D eigenvalue weighted by Gasteiger charge is 2.26. The number of amides is 1. The first-order valence-corrected chi connectivity index (χ1v) is 8.67. The summed E-state index contributed by atoms with van der Waals surface area (Å²) in [5.74, 6) is 0.185. The number of hydrogen-bond acceptors (Lipinski definition) is 3. The van der Waals surface area contributed by atoms with Gasteiger partial charge < -0.3 is 14.7 Å². The summed E-state index contributed by atoms with van der Waals surface area (Å²) in [7, 11) is 0. The first kappa shape index (κ1) is 17.3. The van der Waals surface area contributed by atoms with Crippen molar-refractivity contribution in [1.82, 2.24) is 4.90 Å². The Bertz CT molecular complexity index is 385. The summed E-state index contributed by atoms with van der Waals surface area (Å²) < 4.78 is 5.86. The van der Waals surface area contributed by atoms with E-state index in [-0.39, 0.29) is 25.0 Å². The Morgan fingerprint density at radius 2 is 1.95 bits per heavy atom. The Kier molecular flexibility index (Phi) is 6.68. The molecule has 1 saturated heterocycles. The summed E-state index contributed by atoms with van der Waals surface area (Å²) in [5, 5.41) is 8.77. The Hall–Kier alpha value is -1.10. The number of ether oxygens (including phenoxy) is 1. The van der Waals surface area contributed by atoms with Crippen LogP contribution in [0.15, 0.2) is 0 Å². The third kappa shape index (κ3) is 5.27. The van der Waals surface area contributed by atoms with Crippen molar-refractivity contribution in [3.8, 4) is 0 Å². The highest BCUT2D eigenvalue weighted by atomic mass is 16.5.